The molecular formula is C20H24N2O4S. The molecule has 1 unspecified atom stereocenters. The lowest BCUT2D eigenvalue weighted by atomic mass is 10.2. The second kappa shape index (κ2) is 7.80. The zero-order valence-electron chi connectivity index (χ0n) is 15.7. The van der Waals surface area contributed by atoms with E-state index in [1.165, 1.54) is 0 Å². The zero-order chi connectivity index (χ0) is 19.6. The van der Waals surface area contributed by atoms with Gasteiger partial charge in [-0.2, -0.15) is 0 Å². The minimum absolute atomic E-state index is 0.0657. The fraction of sp³-hybridized carbons (Fsp3) is 0.350. The topological polar surface area (TPSA) is 75.7 Å². The van der Waals surface area contributed by atoms with Crippen molar-refractivity contribution in [3.63, 3.8) is 0 Å². The van der Waals surface area contributed by atoms with Crippen LogP contribution in [0.5, 0.6) is 0 Å². The Bertz CT molecular complexity index is 939. The molecule has 7 heteroatoms. The summed E-state index contributed by atoms with van der Waals surface area (Å²) >= 11 is 0. The number of rotatable bonds is 5. The summed E-state index contributed by atoms with van der Waals surface area (Å²) in [5, 5.41) is 0. The van der Waals surface area contributed by atoms with E-state index in [2.05, 4.69) is 4.72 Å². The van der Waals surface area contributed by atoms with Crippen LogP contribution in [0.4, 0.5) is 5.69 Å². The van der Waals surface area contributed by atoms with Crippen molar-refractivity contribution in [2.24, 2.45) is 0 Å². The number of benzene rings is 2. The molecule has 1 saturated heterocycles. The third-order valence-electron chi connectivity index (χ3n) is 4.61. The number of amides is 1. The van der Waals surface area contributed by atoms with Crippen LogP contribution in [0.2, 0.25) is 0 Å². The van der Waals surface area contributed by atoms with E-state index in [0.717, 1.165) is 16.8 Å². The number of sulfonamides is 1. The van der Waals surface area contributed by atoms with E-state index in [-0.39, 0.29) is 24.0 Å². The summed E-state index contributed by atoms with van der Waals surface area (Å²) < 4.78 is 33.5. The molecule has 27 heavy (non-hydrogen) atoms. The summed E-state index contributed by atoms with van der Waals surface area (Å²) in [6.45, 7) is 5.94. The molecule has 1 aliphatic heterocycles. The number of aryl methyl sites for hydroxylation is 3. The molecule has 0 radical (unpaired) electrons. The van der Waals surface area contributed by atoms with Gasteiger partial charge in [0, 0.05) is 12.2 Å². The number of hydrogen-bond acceptors (Lipinski definition) is 4. The molecule has 1 atom stereocenters. The molecule has 0 saturated carbocycles. The van der Waals surface area contributed by atoms with Crippen molar-refractivity contribution in [1.82, 2.24) is 4.72 Å². The molecule has 1 N–H and O–H groups in total. The Hall–Kier alpha value is -2.22. The second-order valence-corrected chi connectivity index (χ2v) is 8.63. The van der Waals surface area contributed by atoms with Crippen molar-refractivity contribution in [3.05, 3.63) is 59.2 Å². The van der Waals surface area contributed by atoms with Gasteiger partial charge in [-0.05, 0) is 50.1 Å². The van der Waals surface area contributed by atoms with E-state index in [0.29, 0.717) is 12.1 Å². The van der Waals surface area contributed by atoms with Crippen LogP contribution < -0.4 is 9.62 Å². The van der Waals surface area contributed by atoms with E-state index >= 15 is 0 Å². The maximum Gasteiger partial charge on any atom is 0.253 e. The van der Waals surface area contributed by atoms with Crippen LogP contribution in [-0.2, 0) is 19.6 Å². The van der Waals surface area contributed by atoms with Crippen LogP contribution in [0, 0.1) is 20.8 Å². The van der Waals surface area contributed by atoms with E-state index < -0.39 is 16.1 Å². The molecule has 1 heterocycles. The van der Waals surface area contributed by atoms with Crippen molar-refractivity contribution in [2.45, 2.75) is 31.8 Å². The van der Waals surface area contributed by atoms with Gasteiger partial charge >= 0.3 is 0 Å². The summed E-state index contributed by atoms with van der Waals surface area (Å²) in [6.07, 6.45) is -0.413. The molecule has 0 spiro atoms. The number of ether oxygens (including phenoxy) is 1. The second-order valence-electron chi connectivity index (χ2n) is 6.89. The Morgan fingerprint density at radius 3 is 2.44 bits per heavy atom. The van der Waals surface area contributed by atoms with Crippen molar-refractivity contribution in [3.8, 4) is 0 Å². The van der Waals surface area contributed by atoms with E-state index in [1.54, 1.807) is 24.0 Å². The Morgan fingerprint density at radius 2 is 1.74 bits per heavy atom. The van der Waals surface area contributed by atoms with Gasteiger partial charge in [-0.25, -0.2) is 13.1 Å². The van der Waals surface area contributed by atoms with Gasteiger partial charge in [0.25, 0.3) is 5.91 Å². The van der Waals surface area contributed by atoms with Crippen LogP contribution in [0.3, 0.4) is 0 Å². The highest BCUT2D eigenvalue weighted by Crippen LogP contribution is 2.20. The zero-order valence-corrected chi connectivity index (χ0v) is 16.5. The molecule has 2 aromatic rings. The van der Waals surface area contributed by atoms with E-state index in [1.807, 2.05) is 44.2 Å². The molecule has 1 amide bonds. The van der Waals surface area contributed by atoms with Crippen molar-refractivity contribution in [2.75, 3.05) is 24.6 Å². The lowest BCUT2D eigenvalue weighted by Gasteiger charge is -2.33. The minimum Gasteiger partial charge on any atom is -0.365 e. The number of nitrogens with zero attached hydrogens (tertiary/aromatic N) is 1. The van der Waals surface area contributed by atoms with Crippen LogP contribution in [0.1, 0.15) is 16.7 Å². The molecule has 0 aromatic heterocycles. The number of carbonyl (C=O) groups is 1. The van der Waals surface area contributed by atoms with Crippen LogP contribution in [0.15, 0.2) is 47.4 Å². The first-order chi connectivity index (χ1) is 12.8. The molecule has 2 aromatic carbocycles. The minimum atomic E-state index is -3.65. The third-order valence-corrected chi connectivity index (χ3v) is 6.18. The van der Waals surface area contributed by atoms with Gasteiger partial charge in [-0.15, -0.1) is 0 Å². The van der Waals surface area contributed by atoms with Crippen LogP contribution in [0.25, 0.3) is 0 Å². The fourth-order valence-electron chi connectivity index (χ4n) is 3.00. The SMILES string of the molecule is Cc1ccc(N2CC(CNS(=O)(=O)c3cc(C)ccc3C)OCC2=O)cc1. The maximum absolute atomic E-state index is 12.7. The Labute approximate surface area is 160 Å². The number of hydrogen-bond donors (Lipinski definition) is 1. The normalized spacial score (nSPS) is 18.0. The van der Waals surface area contributed by atoms with Crippen LogP contribution >= 0.6 is 0 Å². The van der Waals surface area contributed by atoms with Gasteiger partial charge in [0.1, 0.15) is 6.61 Å². The number of morpholine rings is 1. The summed E-state index contributed by atoms with van der Waals surface area (Å²) in [5.74, 6) is -0.132. The summed E-state index contributed by atoms with van der Waals surface area (Å²) in [7, 11) is -3.65. The standard InChI is InChI=1S/C20H24N2O4S/c1-14-5-8-17(9-6-14)22-12-18(26-13-20(22)23)11-21-27(24,25)19-10-15(2)4-7-16(19)3/h4-10,18,21H,11-13H2,1-3H3. The summed E-state index contributed by atoms with van der Waals surface area (Å²) in [6, 6.07) is 13.0. The molecule has 144 valence electrons. The molecular weight excluding hydrogens is 364 g/mol. The summed E-state index contributed by atoms with van der Waals surface area (Å²) in [4.78, 5) is 14.1. The lowest BCUT2D eigenvalue weighted by Crippen LogP contribution is -2.50. The van der Waals surface area contributed by atoms with Gasteiger partial charge < -0.3 is 9.64 Å². The highest BCUT2D eigenvalue weighted by molar-refractivity contribution is 7.89. The van der Waals surface area contributed by atoms with E-state index in [4.69, 9.17) is 4.74 Å². The average Bonchev–Trinajstić information content (AvgIpc) is 2.64. The van der Waals surface area contributed by atoms with Gasteiger partial charge in [0.05, 0.1) is 17.5 Å². The molecule has 1 aliphatic rings. The third kappa shape index (κ3) is 4.55. The van der Waals surface area contributed by atoms with Crippen molar-refractivity contribution in [1.29, 1.82) is 0 Å². The smallest absolute Gasteiger partial charge is 0.253 e. The number of carbonyl (C=O) groups excluding carboxylic acids is 1. The highest BCUT2D eigenvalue weighted by atomic mass is 32.2. The van der Waals surface area contributed by atoms with Gasteiger partial charge in [0.15, 0.2) is 0 Å². The van der Waals surface area contributed by atoms with Crippen LogP contribution in [-0.4, -0.2) is 40.1 Å². The van der Waals surface area contributed by atoms with E-state index in [9.17, 15) is 13.2 Å². The molecule has 3 rings (SSSR count). The fourth-order valence-corrected chi connectivity index (χ4v) is 4.39. The average molecular weight is 388 g/mol. The quantitative estimate of drug-likeness (QED) is 0.853. The Kier molecular flexibility index (Phi) is 5.64. The largest absolute Gasteiger partial charge is 0.365 e. The van der Waals surface area contributed by atoms with Crippen molar-refractivity contribution < 1.29 is 17.9 Å². The van der Waals surface area contributed by atoms with Gasteiger partial charge in [0.2, 0.25) is 10.0 Å². The summed E-state index contributed by atoms with van der Waals surface area (Å²) in [5.41, 5.74) is 3.47. The molecule has 1 fully saturated rings. The molecule has 0 aliphatic carbocycles. The van der Waals surface area contributed by atoms with Gasteiger partial charge in [-0.1, -0.05) is 29.8 Å². The Morgan fingerprint density at radius 1 is 1.07 bits per heavy atom. The predicted molar refractivity (Wildman–Crippen MR) is 104 cm³/mol. The van der Waals surface area contributed by atoms with Crippen molar-refractivity contribution >= 4 is 21.6 Å². The molecule has 6 nitrogen and oxygen atoms in total. The maximum atomic E-state index is 12.7. The Balaban J connectivity index is 1.69. The molecule has 0 bridgehead atoms. The first-order valence-electron chi connectivity index (χ1n) is 8.82. The number of nitrogens with one attached hydrogen (secondary N) is 1. The van der Waals surface area contributed by atoms with Gasteiger partial charge in [-0.3, -0.25) is 4.79 Å². The predicted octanol–water partition coefficient (Wildman–Crippen LogP) is 2.32. The lowest BCUT2D eigenvalue weighted by molar-refractivity contribution is -0.129. The monoisotopic (exact) mass is 388 g/mol. The number of anilines is 1. The highest BCUT2D eigenvalue weighted by Gasteiger charge is 2.29. The first-order valence-corrected chi connectivity index (χ1v) is 10.3. The first kappa shape index (κ1) is 19.5.